The van der Waals surface area contributed by atoms with Crippen LogP contribution in [0, 0.1) is 10.1 Å². The number of rotatable bonds is 3. The highest BCUT2D eigenvalue weighted by atomic mass is 79.9. The van der Waals surface area contributed by atoms with E-state index in [0.29, 0.717) is 9.50 Å². The average Bonchev–Trinajstić information content (AvgIpc) is 2.35. The summed E-state index contributed by atoms with van der Waals surface area (Å²) in [5.41, 5.74) is -0.226. The van der Waals surface area contributed by atoms with Gasteiger partial charge in [-0.15, -0.1) is 0 Å². The van der Waals surface area contributed by atoms with Crippen molar-refractivity contribution >= 4 is 56.4 Å². The predicted octanol–water partition coefficient (Wildman–Crippen LogP) is 5.50. The zero-order valence-electron chi connectivity index (χ0n) is 9.44. The van der Waals surface area contributed by atoms with Gasteiger partial charge < -0.3 is 4.74 Å². The van der Waals surface area contributed by atoms with Crippen LogP contribution in [0.1, 0.15) is 0 Å². The molecule has 104 valence electrons. The van der Waals surface area contributed by atoms with E-state index in [-0.39, 0.29) is 27.4 Å². The van der Waals surface area contributed by atoms with E-state index in [1.807, 2.05) is 0 Å². The van der Waals surface area contributed by atoms with Gasteiger partial charge in [-0.2, -0.15) is 0 Å². The van der Waals surface area contributed by atoms with Gasteiger partial charge in [0.05, 0.1) is 24.5 Å². The Morgan fingerprint density at radius 3 is 2.30 bits per heavy atom. The van der Waals surface area contributed by atoms with Gasteiger partial charge in [0.15, 0.2) is 5.75 Å². The molecular weight excluding hydrogens is 394 g/mol. The Morgan fingerprint density at radius 1 is 1.20 bits per heavy atom. The number of ether oxygens (including phenoxy) is 1. The van der Waals surface area contributed by atoms with Crippen LogP contribution in [0.2, 0.25) is 15.1 Å². The molecule has 2 aromatic rings. The first kappa shape index (κ1) is 15.3. The monoisotopic (exact) mass is 396 g/mol. The number of non-ortho nitro benzene ring substituents is 1. The Hall–Kier alpha value is -1.08. The molecule has 20 heavy (non-hydrogen) atoms. The summed E-state index contributed by atoms with van der Waals surface area (Å²) in [5.74, 6) is 0.265. The van der Waals surface area contributed by atoms with Gasteiger partial charge in [-0.1, -0.05) is 34.8 Å². The molecule has 0 N–H and O–H groups in total. The summed E-state index contributed by atoms with van der Waals surface area (Å²) in [7, 11) is 0. The van der Waals surface area contributed by atoms with Crippen molar-refractivity contribution in [2.75, 3.05) is 0 Å². The molecule has 0 radical (unpaired) electrons. The van der Waals surface area contributed by atoms with Crippen molar-refractivity contribution in [2.24, 2.45) is 0 Å². The normalized spacial score (nSPS) is 10.4. The summed E-state index contributed by atoms with van der Waals surface area (Å²) in [5, 5.41) is 11.1. The summed E-state index contributed by atoms with van der Waals surface area (Å²) < 4.78 is 5.95. The maximum absolute atomic E-state index is 10.7. The lowest BCUT2D eigenvalue weighted by atomic mass is 10.3. The molecule has 0 saturated heterocycles. The average molecular weight is 398 g/mol. The van der Waals surface area contributed by atoms with E-state index < -0.39 is 4.92 Å². The molecule has 0 aliphatic heterocycles. The van der Waals surface area contributed by atoms with Gasteiger partial charge in [0.25, 0.3) is 5.69 Å². The van der Waals surface area contributed by atoms with Crippen molar-refractivity contribution < 1.29 is 9.66 Å². The van der Waals surface area contributed by atoms with Gasteiger partial charge >= 0.3 is 0 Å². The predicted molar refractivity (Wildman–Crippen MR) is 80.1 cm³/mol. The summed E-state index contributed by atoms with van der Waals surface area (Å²) in [6, 6.07) is 3.87. The molecule has 1 aromatic heterocycles. The number of pyridine rings is 1. The van der Waals surface area contributed by atoms with Gasteiger partial charge in [-0.25, -0.2) is 4.98 Å². The minimum Gasteiger partial charge on any atom is -0.435 e. The molecular formula is C11H4BrCl3N2O3. The molecule has 9 heteroatoms. The SMILES string of the molecule is O=[N+]([O-])c1cc(Cl)c(Oc2ncc(Cl)cc2Br)c(Cl)c1. The second-order valence-electron chi connectivity index (χ2n) is 3.54. The van der Waals surface area contributed by atoms with Crippen molar-refractivity contribution in [1.82, 2.24) is 4.98 Å². The van der Waals surface area contributed by atoms with E-state index in [9.17, 15) is 10.1 Å². The third-order valence-corrected chi connectivity index (χ3v) is 3.50. The Balaban J connectivity index is 2.41. The van der Waals surface area contributed by atoms with E-state index in [4.69, 9.17) is 39.5 Å². The molecule has 0 unspecified atom stereocenters. The first-order valence-corrected chi connectivity index (χ1v) is 6.93. The molecule has 0 aliphatic rings. The lowest BCUT2D eigenvalue weighted by Crippen LogP contribution is -1.93. The molecule has 0 bridgehead atoms. The fraction of sp³-hybridized carbons (Fsp3) is 0. The number of aromatic nitrogens is 1. The van der Waals surface area contributed by atoms with Crippen LogP contribution in [0.3, 0.4) is 0 Å². The van der Waals surface area contributed by atoms with Crippen LogP contribution in [0.4, 0.5) is 5.69 Å². The molecule has 0 aliphatic carbocycles. The van der Waals surface area contributed by atoms with Crippen LogP contribution in [-0.2, 0) is 0 Å². The van der Waals surface area contributed by atoms with Crippen LogP contribution in [0.5, 0.6) is 11.6 Å². The molecule has 0 spiro atoms. The van der Waals surface area contributed by atoms with Crippen LogP contribution in [0.15, 0.2) is 28.9 Å². The first-order chi connectivity index (χ1) is 9.38. The number of nitro benzene ring substituents is 1. The molecule has 0 fully saturated rings. The summed E-state index contributed by atoms with van der Waals surface area (Å²) >= 11 is 20.8. The highest BCUT2D eigenvalue weighted by Gasteiger charge is 2.17. The van der Waals surface area contributed by atoms with Crippen LogP contribution < -0.4 is 4.74 Å². The van der Waals surface area contributed by atoms with Crippen LogP contribution >= 0.6 is 50.7 Å². The lowest BCUT2D eigenvalue weighted by molar-refractivity contribution is -0.384. The van der Waals surface area contributed by atoms with Crippen LogP contribution in [-0.4, -0.2) is 9.91 Å². The molecule has 0 amide bonds. The number of nitrogens with zero attached hydrogens (tertiary/aromatic N) is 2. The summed E-state index contributed by atoms with van der Waals surface area (Å²) in [6.07, 6.45) is 1.38. The van der Waals surface area contributed by atoms with E-state index in [0.717, 1.165) is 12.1 Å². The van der Waals surface area contributed by atoms with Gasteiger partial charge in [0.2, 0.25) is 5.88 Å². The van der Waals surface area contributed by atoms with Crippen LogP contribution in [0.25, 0.3) is 0 Å². The Bertz CT molecular complexity index is 674. The zero-order chi connectivity index (χ0) is 14.9. The molecule has 1 heterocycles. The smallest absolute Gasteiger partial charge is 0.272 e. The molecule has 1 aromatic carbocycles. The van der Waals surface area contributed by atoms with Crippen molar-refractivity contribution in [3.63, 3.8) is 0 Å². The third kappa shape index (κ3) is 3.32. The summed E-state index contributed by atoms with van der Waals surface area (Å²) in [4.78, 5) is 14.0. The third-order valence-electron chi connectivity index (χ3n) is 2.17. The van der Waals surface area contributed by atoms with E-state index in [2.05, 4.69) is 20.9 Å². The highest BCUT2D eigenvalue weighted by Crippen LogP contribution is 2.40. The number of benzene rings is 1. The maximum Gasteiger partial charge on any atom is 0.272 e. The standard InChI is InChI=1S/C11H4BrCl3N2O3/c12-7-1-5(13)4-16-11(7)20-10-8(14)2-6(17(18)19)3-9(10)15/h1-4H. The Kier molecular flexibility index (Phi) is 4.70. The van der Waals surface area contributed by atoms with Gasteiger partial charge in [-0.3, -0.25) is 10.1 Å². The van der Waals surface area contributed by atoms with Gasteiger partial charge in [-0.05, 0) is 22.0 Å². The second-order valence-corrected chi connectivity index (χ2v) is 5.64. The molecule has 2 rings (SSSR count). The van der Waals surface area contributed by atoms with Crippen molar-refractivity contribution in [2.45, 2.75) is 0 Å². The van der Waals surface area contributed by atoms with Crippen molar-refractivity contribution in [3.05, 3.63) is 54.1 Å². The largest absolute Gasteiger partial charge is 0.435 e. The number of halogens is 4. The number of hydrogen-bond donors (Lipinski definition) is 0. The Labute approximate surface area is 136 Å². The van der Waals surface area contributed by atoms with Gasteiger partial charge in [0.1, 0.15) is 0 Å². The van der Waals surface area contributed by atoms with Crippen molar-refractivity contribution in [3.8, 4) is 11.6 Å². The van der Waals surface area contributed by atoms with E-state index in [1.165, 1.54) is 6.20 Å². The quantitative estimate of drug-likeness (QED) is 0.505. The van der Waals surface area contributed by atoms with Gasteiger partial charge in [0, 0.05) is 18.3 Å². The molecule has 5 nitrogen and oxygen atoms in total. The highest BCUT2D eigenvalue weighted by molar-refractivity contribution is 9.10. The number of hydrogen-bond acceptors (Lipinski definition) is 4. The van der Waals surface area contributed by atoms with E-state index in [1.54, 1.807) is 6.07 Å². The van der Waals surface area contributed by atoms with Crippen molar-refractivity contribution in [1.29, 1.82) is 0 Å². The molecule has 0 saturated carbocycles. The maximum atomic E-state index is 10.7. The summed E-state index contributed by atoms with van der Waals surface area (Å²) in [6.45, 7) is 0. The fourth-order valence-electron chi connectivity index (χ4n) is 1.32. The van der Waals surface area contributed by atoms with E-state index >= 15 is 0 Å². The molecule has 0 atom stereocenters. The lowest BCUT2D eigenvalue weighted by Gasteiger charge is -2.10. The fourth-order valence-corrected chi connectivity index (χ4v) is 2.60. The zero-order valence-corrected chi connectivity index (χ0v) is 13.3. The minimum absolute atomic E-state index is 0.00727. The minimum atomic E-state index is -0.599. The Morgan fingerprint density at radius 2 is 1.80 bits per heavy atom. The topological polar surface area (TPSA) is 65.3 Å². The second kappa shape index (κ2) is 6.13. The first-order valence-electron chi connectivity index (χ1n) is 5.01. The number of nitro groups is 1.